The van der Waals surface area contributed by atoms with Crippen LogP contribution in [0.25, 0.3) is 0 Å². The molecule has 0 bridgehead atoms. The molecule has 0 radical (unpaired) electrons. The highest BCUT2D eigenvalue weighted by molar-refractivity contribution is 7.80. The van der Waals surface area contributed by atoms with Gasteiger partial charge in [0.1, 0.15) is 0 Å². The van der Waals surface area contributed by atoms with Crippen LogP contribution >= 0.6 is 12.6 Å². The quantitative estimate of drug-likeness (QED) is 0.605. The fourth-order valence-corrected chi connectivity index (χ4v) is 3.03. The van der Waals surface area contributed by atoms with Gasteiger partial charge in [-0.25, -0.2) is 0 Å². The maximum absolute atomic E-state index is 4.27. The predicted molar refractivity (Wildman–Crippen MR) is 82.4 cm³/mol. The molecule has 100 valence electrons. The van der Waals surface area contributed by atoms with Crippen molar-refractivity contribution in [3.05, 3.63) is 35.9 Å². The molecular weight excluding hydrogens is 238 g/mol. The minimum atomic E-state index is 0.897. The van der Waals surface area contributed by atoms with E-state index >= 15 is 0 Å². The number of unbranched alkanes of at least 4 members (excludes halogenated alkanes) is 1. The number of hydrogen-bond acceptors (Lipinski definition) is 2. The molecule has 0 amide bonds. The molecule has 18 heavy (non-hydrogen) atoms. The van der Waals surface area contributed by atoms with Gasteiger partial charge in [0.05, 0.1) is 0 Å². The summed E-state index contributed by atoms with van der Waals surface area (Å²) in [5.41, 5.74) is 1.51. The first kappa shape index (κ1) is 14.0. The Morgan fingerprint density at radius 2 is 1.78 bits per heavy atom. The van der Waals surface area contributed by atoms with E-state index < -0.39 is 0 Å². The number of hydrogen-bond donors (Lipinski definition) is 1. The monoisotopic (exact) mass is 263 g/mol. The first-order valence-corrected chi connectivity index (χ1v) is 7.89. The number of rotatable bonds is 6. The zero-order chi connectivity index (χ0) is 12.6. The third kappa shape index (κ3) is 4.66. The highest BCUT2D eigenvalue weighted by Crippen LogP contribution is 2.21. The second-order valence-corrected chi connectivity index (χ2v) is 5.85. The minimum Gasteiger partial charge on any atom is -0.303 e. The van der Waals surface area contributed by atoms with Crippen molar-refractivity contribution in [2.45, 2.75) is 32.1 Å². The summed E-state index contributed by atoms with van der Waals surface area (Å²) >= 11 is 4.27. The van der Waals surface area contributed by atoms with Crippen LogP contribution in [0.1, 0.15) is 31.2 Å². The SMILES string of the molecule is SCCCCN1CCC(Cc2ccccc2)CC1. The largest absolute Gasteiger partial charge is 0.303 e. The molecule has 1 aromatic rings. The Morgan fingerprint density at radius 3 is 2.44 bits per heavy atom. The Labute approximate surface area is 117 Å². The van der Waals surface area contributed by atoms with Crippen molar-refractivity contribution in [3.8, 4) is 0 Å². The molecule has 1 heterocycles. The van der Waals surface area contributed by atoms with Crippen LogP contribution in [-0.4, -0.2) is 30.3 Å². The Morgan fingerprint density at radius 1 is 1.06 bits per heavy atom. The molecule has 0 N–H and O–H groups in total. The molecule has 0 atom stereocenters. The molecule has 0 aromatic heterocycles. The highest BCUT2D eigenvalue weighted by Gasteiger charge is 2.18. The average molecular weight is 263 g/mol. The van der Waals surface area contributed by atoms with E-state index in [0.717, 1.165) is 11.7 Å². The van der Waals surface area contributed by atoms with E-state index in [1.807, 2.05) is 0 Å². The fourth-order valence-electron chi connectivity index (χ4n) is 2.81. The van der Waals surface area contributed by atoms with Crippen molar-refractivity contribution in [2.75, 3.05) is 25.4 Å². The zero-order valence-corrected chi connectivity index (χ0v) is 12.1. The number of benzene rings is 1. The van der Waals surface area contributed by atoms with Crippen molar-refractivity contribution in [1.82, 2.24) is 4.90 Å². The number of nitrogens with zero attached hydrogens (tertiary/aromatic N) is 1. The van der Waals surface area contributed by atoms with E-state index in [4.69, 9.17) is 0 Å². The van der Waals surface area contributed by atoms with Crippen LogP contribution in [0.5, 0.6) is 0 Å². The summed E-state index contributed by atoms with van der Waals surface area (Å²) in [6.07, 6.45) is 6.58. The van der Waals surface area contributed by atoms with Crippen molar-refractivity contribution in [1.29, 1.82) is 0 Å². The second kappa shape index (κ2) is 7.85. The van der Waals surface area contributed by atoms with Crippen molar-refractivity contribution >= 4 is 12.6 Å². The van der Waals surface area contributed by atoms with Gasteiger partial charge < -0.3 is 4.90 Å². The van der Waals surface area contributed by atoms with Gasteiger partial charge in [0.2, 0.25) is 0 Å². The molecule has 0 saturated carbocycles. The number of thiol groups is 1. The first-order chi connectivity index (χ1) is 8.88. The molecule has 1 aliphatic rings. The lowest BCUT2D eigenvalue weighted by atomic mass is 9.90. The lowest BCUT2D eigenvalue weighted by Gasteiger charge is -2.32. The summed E-state index contributed by atoms with van der Waals surface area (Å²) in [6, 6.07) is 10.9. The van der Waals surface area contributed by atoms with Gasteiger partial charge in [-0.05, 0) is 69.0 Å². The van der Waals surface area contributed by atoms with Gasteiger partial charge in [-0.1, -0.05) is 30.3 Å². The van der Waals surface area contributed by atoms with Gasteiger partial charge >= 0.3 is 0 Å². The Kier molecular flexibility index (Phi) is 6.09. The van der Waals surface area contributed by atoms with Gasteiger partial charge in [0.15, 0.2) is 0 Å². The Balaban J connectivity index is 1.67. The van der Waals surface area contributed by atoms with Gasteiger partial charge in [-0.3, -0.25) is 0 Å². The molecule has 1 aliphatic heterocycles. The van der Waals surface area contributed by atoms with Crippen LogP contribution in [0.15, 0.2) is 30.3 Å². The predicted octanol–water partition coefficient (Wildman–Crippen LogP) is 3.65. The van der Waals surface area contributed by atoms with Crippen LogP contribution in [0, 0.1) is 5.92 Å². The summed E-state index contributed by atoms with van der Waals surface area (Å²) in [7, 11) is 0. The van der Waals surface area contributed by atoms with E-state index in [9.17, 15) is 0 Å². The Bertz CT molecular complexity index is 317. The van der Waals surface area contributed by atoms with Crippen LogP contribution in [0.4, 0.5) is 0 Å². The maximum Gasteiger partial charge on any atom is -0.00160 e. The lowest BCUT2D eigenvalue weighted by molar-refractivity contribution is 0.182. The van der Waals surface area contributed by atoms with E-state index in [-0.39, 0.29) is 0 Å². The van der Waals surface area contributed by atoms with Gasteiger partial charge in [-0.15, -0.1) is 0 Å². The lowest BCUT2D eigenvalue weighted by Crippen LogP contribution is -2.35. The molecule has 1 nitrogen and oxygen atoms in total. The summed E-state index contributed by atoms with van der Waals surface area (Å²) < 4.78 is 0. The first-order valence-electron chi connectivity index (χ1n) is 7.25. The van der Waals surface area contributed by atoms with Crippen molar-refractivity contribution in [2.24, 2.45) is 5.92 Å². The number of likely N-dealkylation sites (tertiary alicyclic amines) is 1. The molecule has 2 rings (SSSR count). The summed E-state index contributed by atoms with van der Waals surface area (Å²) in [5, 5.41) is 0. The molecule has 0 spiro atoms. The molecular formula is C16H25NS. The molecule has 1 saturated heterocycles. The van der Waals surface area contributed by atoms with Crippen LogP contribution in [0.2, 0.25) is 0 Å². The molecule has 0 aliphatic carbocycles. The number of piperidine rings is 1. The third-order valence-corrected chi connectivity index (χ3v) is 4.27. The van der Waals surface area contributed by atoms with E-state index in [1.54, 1.807) is 0 Å². The molecule has 1 fully saturated rings. The normalized spacial score (nSPS) is 18.1. The van der Waals surface area contributed by atoms with Crippen molar-refractivity contribution in [3.63, 3.8) is 0 Å². The fraction of sp³-hybridized carbons (Fsp3) is 0.625. The topological polar surface area (TPSA) is 3.24 Å². The van der Waals surface area contributed by atoms with Gasteiger partial charge in [0, 0.05) is 0 Å². The van der Waals surface area contributed by atoms with Crippen molar-refractivity contribution < 1.29 is 0 Å². The molecule has 2 heteroatoms. The summed E-state index contributed by atoms with van der Waals surface area (Å²) in [5.74, 6) is 1.93. The van der Waals surface area contributed by atoms with Gasteiger partial charge in [-0.2, -0.15) is 12.6 Å². The highest BCUT2D eigenvalue weighted by atomic mass is 32.1. The van der Waals surface area contributed by atoms with Gasteiger partial charge in [0.25, 0.3) is 0 Å². The van der Waals surface area contributed by atoms with E-state index in [1.165, 1.54) is 57.3 Å². The van der Waals surface area contributed by atoms with E-state index in [2.05, 4.69) is 47.9 Å². The second-order valence-electron chi connectivity index (χ2n) is 5.41. The van der Waals surface area contributed by atoms with Crippen LogP contribution < -0.4 is 0 Å². The Hall–Kier alpha value is -0.470. The average Bonchev–Trinajstić information content (AvgIpc) is 2.42. The maximum atomic E-state index is 4.27. The van der Waals surface area contributed by atoms with E-state index in [0.29, 0.717) is 0 Å². The summed E-state index contributed by atoms with van der Waals surface area (Å²) in [4.78, 5) is 2.63. The third-order valence-electron chi connectivity index (χ3n) is 3.96. The molecule has 0 unspecified atom stereocenters. The zero-order valence-electron chi connectivity index (χ0n) is 11.2. The standard InChI is InChI=1S/C16H25NS/c18-13-5-4-10-17-11-8-16(9-12-17)14-15-6-2-1-3-7-15/h1-3,6-7,16,18H,4-5,8-14H2. The molecule has 1 aromatic carbocycles. The van der Waals surface area contributed by atoms with Crippen LogP contribution in [0.3, 0.4) is 0 Å². The minimum absolute atomic E-state index is 0.897. The summed E-state index contributed by atoms with van der Waals surface area (Å²) in [6.45, 7) is 3.87. The smallest absolute Gasteiger partial charge is 0.00160 e. The van der Waals surface area contributed by atoms with Crippen LogP contribution in [-0.2, 0) is 6.42 Å².